The fraction of sp³-hybridized carbons (Fsp3) is 0.385. The first kappa shape index (κ1) is 15.5. The number of nitrogens with zero attached hydrogens (tertiary/aromatic N) is 1. The second kappa shape index (κ2) is 7.75. The molecule has 0 radical (unpaired) electrons. The largest absolute Gasteiger partial charge is 0.355 e. The minimum Gasteiger partial charge on any atom is -0.355 e. The first-order valence-electron chi connectivity index (χ1n) is 6.20. The van der Waals surface area contributed by atoms with E-state index in [-0.39, 0.29) is 5.91 Å². The summed E-state index contributed by atoms with van der Waals surface area (Å²) in [6, 6.07) is 7.95. The van der Waals surface area contributed by atoms with Gasteiger partial charge in [0, 0.05) is 29.4 Å². The van der Waals surface area contributed by atoms with Crippen LogP contribution in [0.5, 0.6) is 0 Å². The number of aromatic nitrogens is 1. The van der Waals surface area contributed by atoms with Crippen LogP contribution in [0.1, 0.15) is 6.42 Å². The number of amides is 1. The summed E-state index contributed by atoms with van der Waals surface area (Å²) in [6.45, 7) is 0.582. The van der Waals surface area contributed by atoms with Gasteiger partial charge in [0.25, 0.3) is 0 Å². The molecule has 0 saturated heterocycles. The van der Waals surface area contributed by atoms with Crippen molar-refractivity contribution in [2.45, 2.75) is 10.8 Å². The van der Waals surface area contributed by atoms with Crippen LogP contribution in [0.3, 0.4) is 0 Å². The molecular formula is C13H16N2O2S3. The van der Waals surface area contributed by atoms with E-state index in [0.29, 0.717) is 18.1 Å². The molecule has 1 amide bonds. The molecule has 0 spiro atoms. The minimum absolute atomic E-state index is 0.00357. The van der Waals surface area contributed by atoms with Gasteiger partial charge < -0.3 is 5.32 Å². The summed E-state index contributed by atoms with van der Waals surface area (Å²) >= 11 is 3.06. The summed E-state index contributed by atoms with van der Waals surface area (Å²) < 4.78 is 12.9. The Labute approximate surface area is 128 Å². The maximum atomic E-state index is 11.6. The Hall–Kier alpha value is -0.920. The Morgan fingerprint density at radius 2 is 2.25 bits per heavy atom. The van der Waals surface area contributed by atoms with E-state index in [1.165, 1.54) is 11.8 Å². The summed E-state index contributed by atoms with van der Waals surface area (Å²) in [7, 11) is -0.788. The van der Waals surface area contributed by atoms with Crippen LogP contribution in [-0.4, -0.2) is 39.4 Å². The van der Waals surface area contributed by atoms with Crippen LogP contribution in [0.25, 0.3) is 10.2 Å². The second-order valence-corrected chi connectivity index (χ2v) is 8.02. The molecule has 0 unspecified atom stereocenters. The topological polar surface area (TPSA) is 59.1 Å². The van der Waals surface area contributed by atoms with Crippen molar-refractivity contribution in [3.8, 4) is 0 Å². The molecule has 0 aliphatic rings. The zero-order valence-corrected chi connectivity index (χ0v) is 13.6. The number of carbonyl (C=O) groups is 1. The molecule has 0 aliphatic heterocycles. The van der Waals surface area contributed by atoms with E-state index in [9.17, 15) is 9.00 Å². The van der Waals surface area contributed by atoms with Gasteiger partial charge >= 0.3 is 0 Å². The van der Waals surface area contributed by atoms with Gasteiger partial charge in [-0.2, -0.15) is 0 Å². The molecule has 1 N–H and O–H groups in total. The number of fused-ring (bicyclic) bond motifs is 1. The van der Waals surface area contributed by atoms with Crippen molar-refractivity contribution < 1.29 is 9.00 Å². The van der Waals surface area contributed by atoms with Gasteiger partial charge in [0.1, 0.15) is 0 Å². The zero-order valence-electron chi connectivity index (χ0n) is 11.1. The Balaban J connectivity index is 1.74. The van der Waals surface area contributed by atoms with Crippen LogP contribution < -0.4 is 5.32 Å². The lowest BCUT2D eigenvalue weighted by atomic mass is 10.3. The van der Waals surface area contributed by atoms with Crippen molar-refractivity contribution in [3.05, 3.63) is 24.3 Å². The van der Waals surface area contributed by atoms with E-state index >= 15 is 0 Å². The van der Waals surface area contributed by atoms with Gasteiger partial charge in [-0.1, -0.05) is 23.9 Å². The third-order valence-electron chi connectivity index (χ3n) is 2.53. The molecule has 1 aromatic carbocycles. The zero-order chi connectivity index (χ0) is 14.4. The van der Waals surface area contributed by atoms with Crippen molar-refractivity contribution in [1.82, 2.24) is 10.3 Å². The second-order valence-electron chi connectivity index (χ2n) is 4.22. The number of hydrogen-bond acceptors (Lipinski definition) is 5. The molecule has 7 heteroatoms. The van der Waals surface area contributed by atoms with Crippen molar-refractivity contribution >= 4 is 50.0 Å². The highest BCUT2D eigenvalue weighted by atomic mass is 32.2. The monoisotopic (exact) mass is 328 g/mol. The van der Waals surface area contributed by atoms with E-state index in [2.05, 4.69) is 10.3 Å². The molecule has 0 saturated carbocycles. The molecule has 0 fully saturated rings. The lowest BCUT2D eigenvalue weighted by Gasteiger charge is -2.02. The van der Waals surface area contributed by atoms with E-state index in [0.717, 1.165) is 21.0 Å². The molecule has 0 aliphatic carbocycles. The molecule has 4 nitrogen and oxygen atoms in total. The van der Waals surface area contributed by atoms with Gasteiger partial charge in [-0.05, 0) is 18.6 Å². The minimum atomic E-state index is -0.788. The summed E-state index contributed by atoms with van der Waals surface area (Å²) in [4.78, 5) is 16.1. The first-order chi connectivity index (χ1) is 9.65. The Morgan fingerprint density at radius 1 is 1.45 bits per heavy atom. The number of benzene rings is 1. The third-order valence-corrected chi connectivity index (χ3v) is 5.57. The fourth-order valence-electron chi connectivity index (χ4n) is 1.59. The Kier molecular flexibility index (Phi) is 6.00. The summed E-state index contributed by atoms with van der Waals surface area (Å²) in [5, 5.41) is 2.82. The van der Waals surface area contributed by atoms with Crippen LogP contribution in [-0.2, 0) is 15.6 Å². The van der Waals surface area contributed by atoms with Gasteiger partial charge in [-0.15, -0.1) is 11.3 Å². The number of hydrogen-bond donors (Lipinski definition) is 1. The van der Waals surface area contributed by atoms with Gasteiger partial charge in [0.05, 0.1) is 16.0 Å². The Morgan fingerprint density at radius 3 is 3.00 bits per heavy atom. The normalized spacial score (nSPS) is 12.4. The van der Waals surface area contributed by atoms with Gasteiger partial charge in [0.2, 0.25) is 5.91 Å². The van der Waals surface area contributed by atoms with E-state index in [1.54, 1.807) is 17.6 Å². The number of thiazole rings is 1. The Bertz CT molecular complexity index is 579. The average molecular weight is 328 g/mol. The molecular weight excluding hydrogens is 312 g/mol. The van der Waals surface area contributed by atoms with Gasteiger partial charge in [0.15, 0.2) is 4.34 Å². The number of rotatable bonds is 7. The molecule has 20 heavy (non-hydrogen) atoms. The quantitative estimate of drug-likeness (QED) is 0.626. The molecule has 108 valence electrons. The van der Waals surface area contributed by atoms with Crippen molar-refractivity contribution in [2.24, 2.45) is 0 Å². The molecule has 0 bridgehead atoms. The SMILES string of the molecule is C[S@](=O)CCCNC(=O)CSc1nc2ccccc2s1. The van der Waals surface area contributed by atoms with Crippen LogP contribution in [0.2, 0.25) is 0 Å². The molecule has 2 rings (SSSR count). The lowest BCUT2D eigenvalue weighted by molar-refractivity contribution is -0.118. The van der Waals surface area contributed by atoms with Crippen molar-refractivity contribution in [1.29, 1.82) is 0 Å². The molecule has 2 aromatic rings. The fourth-order valence-corrected chi connectivity index (χ4v) is 4.04. The highest BCUT2D eigenvalue weighted by molar-refractivity contribution is 8.01. The maximum Gasteiger partial charge on any atom is 0.230 e. The average Bonchev–Trinajstić information content (AvgIpc) is 2.84. The number of para-hydroxylation sites is 1. The standard InChI is InChI=1S/C13H16N2O2S3/c1-20(17)8-4-7-14-12(16)9-18-13-15-10-5-2-3-6-11(10)19-13/h2-3,5-6H,4,7-9H2,1H3,(H,14,16)/t20-/m0/s1. The van der Waals surface area contributed by atoms with Crippen LogP contribution >= 0.6 is 23.1 Å². The molecule has 1 aromatic heterocycles. The summed E-state index contributed by atoms with van der Waals surface area (Å²) in [5.74, 6) is 0.997. The number of thioether (sulfide) groups is 1. The predicted molar refractivity (Wildman–Crippen MR) is 86.9 cm³/mol. The van der Waals surface area contributed by atoms with E-state index in [4.69, 9.17) is 0 Å². The summed E-state index contributed by atoms with van der Waals surface area (Å²) in [6.07, 6.45) is 2.42. The highest BCUT2D eigenvalue weighted by Gasteiger charge is 2.07. The third kappa shape index (κ3) is 4.88. The number of nitrogens with one attached hydrogen (secondary N) is 1. The van der Waals surface area contributed by atoms with Gasteiger partial charge in [-0.25, -0.2) is 4.98 Å². The van der Waals surface area contributed by atoms with Crippen LogP contribution in [0.15, 0.2) is 28.6 Å². The molecule has 1 heterocycles. The first-order valence-corrected chi connectivity index (χ1v) is 9.73. The molecule has 1 atom stereocenters. The number of carbonyl (C=O) groups excluding carboxylic acids is 1. The van der Waals surface area contributed by atoms with Crippen LogP contribution in [0.4, 0.5) is 0 Å². The van der Waals surface area contributed by atoms with Crippen molar-refractivity contribution in [3.63, 3.8) is 0 Å². The summed E-state index contributed by atoms with van der Waals surface area (Å²) in [5.41, 5.74) is 0.978. The smallest absolute Gasteiger partial charge is 0.230 e. The maximum absolute atomic E-state index is 11.6. The predicted octanol–water partition coefficient (Wildman–Crippen LogP) is 2.27. The lowest BCUT2D eigenvalue weighted by Crippen LogP contribution is -2.26. The van der Waals surface area contributed by atoms with Gasteiger partial charge in [-0.3, -0.25) is 9.00 Å². The van der Waals surface area contributed by atoms with E-state index in [1.807, 2.05) is 24.3 Å². The van der Waals surface area contributed by atoms with Crippen molar-refractivity contribution in [2.75, 3.05) is 24.3 Å². The van der Waals surface area contributed by atoms with Crippen LogP contribution in [0, 0.1) is 0 Å². The highest BCUT2D eigenvalue weighted by Crippen LogP contribution is 2.28. The van der Waals surface area contributed by atoms with E-state index < -0.39 is 10.8 Å².